The third-order valence-electron chi connectivity index (χ3n) is 3.45. The zero-order chi connectivity index (χ0) is 15.2. The maximum absolute atomic E-state index is 5.79. The van der Waals surface area contributed by atoms with Gasteiger partial charge in [0.25, 0.3) is 0 Å². The summed E-state index contributed by atoms with van der Waals surface area (Å²) in [5, 5.41) is 7.72. The highest BCUT2D eigenvalue weighted by Crippen LogP contribution is 2.23. The number of benzene rings is 1. The fourth-order valence-electron chi connectivity index (χ4n) is 2.09. The summed E-state index contributed by atoms with van der Waals surface area (Å²) in [7, 11) is 1.96. The van der Waals surface area contributed by atoms with Gasteiger partial charge in [0, 0.05) is 41.4 Å². The fraction of sp³-hybridized carbons (Fsp3) is 0.438. The molecule has 1 N–H and O–H groups in total. The van der Waals surface area contributed by atoms with E-state index in [-0.39, 0.29) is 0 Å². The molecule has 0 aliphatic heterocycles. The molecule has 21 heavy (non-hydrogen) atoms. The van der Waals surface area contributed by atoms with Crippen LogP contribution in [0.25, 0.3) is 0 Å². The molecule has 1 aromatic carbocycles. The van der Waals surface area contributed by atoms with Gasteiger partial charge in [-0.1, -0.05) is 22.9 Å². The molecule has 0 amide bonds. The van der Waals surface area contributed by atoms with E-state index in [1.54, 1.807) is 0 Å². The lowest BCUT2D eigenvalue weighted by atomic mass is 10.2. The number of rotatable bonds is 7. The van der Waals surface area contributed by atoms with Gasteiger partial charge in [0.15, 0.2) is 0 Å². The molecule has 1 heterocycles. The van der Waals surface area contributed by atoms with Gasteiger partial charge in [-0.05, 0) is 31.5 Å². The minimum Gasteiger partial charge on any atom is -0.493 e. The zero-order valence-corrected chi connectivity index (χ0v) is 14.4. The van der Waals surface area contributed by atoms with Gasteiger partial charge < -0.3 is 10.1 Å². The Labute approximate surface area is 134 Å². The number of aromatic nitrogens is 2. The van der Waals surface area contributed by atoms with Crippen molar-refractivity contribution in [3.05, 3.63) is 45.7 Å². The van der Waals surface area contributed by atoms with Gasteiger partial charge in [-0.25, -0.2) is 0 Å². The van der Waals surface area contributed by atoms with Gasteiger partial charge in [0.2, 0.25) is 0 Å². The number of halogens is 1. The summed E-state index contributed by atoms with van der Waals surface area (Å²) in [6.45, 7) is 6.52. The summed E-state index contributed by atoms with van der Waals surface area (Å²) in [5.41, 5.74) is 3.59. The molecule has 4 nitrogen and oxygen atoms in total. The fourth-order valence-corrected chi connectivity index (χ4v) is 2.50. The molecule has 0 unspecified atom stereocenters. The Morgan fingerprint density at radius 2 is 2.05 bits per heavy atom. The van der Waals surface area contributed by atoms with Crippen molar-refractivity contribution in [2.24, 2.45) is 7.05 Å². The maximum Gasteiger partial charge on any atom is 0.123 e. The number of nitrogens with zero attached hydrogens (tertiary/aromatic N) is 2. The predicted molar refractivity (Wildman–Crippen MR) is 88.4 cm³/mol. The van der Waals surface area contributed by atoms with Gasteiger partial charge in [-0.2, -0.15) is 5.10 Å². The molecule has 0 aliphatic carbocycles. The van der Waals surface area contributed by atoms with Crippen LogP contribution >= 0.6 is 15.9 Å². The van der Waals surface area contributed by atoms with E-state index < -0.39 is 0 Å². The molecule has 0 spiro atoms. The first-order chi connectivity index (χ1) is 10.1. The number of nitrogens with one attached hydrogen (secondary N) is 1. The van der Waals surface area contributed by atoms with Crippen LogP contribution in [0.3, 0.4) is 0 Å². The molecule has 2 rings (SSSR count). The van der Waals surface area contributed by atoms with Crippen LogP contribution in [0.1, 0.15) is 30.2 Å². The van der Waals surface area contributed by atoms with Crippen molar-refractivity contribution in [3.63, 3.8) is 0 Å². The van der Waals surface area contributed by atoms with Crippen molar-refractivity contribution in [2.45, 2.75) is 33.4 Å². The Morgan fingerprint density at radius 3 is 2.71 bits per heavy atom. The van der Waals surface area contributed by atoms with E-state index in [1.165, 1.54) is 16.8 Å². The molecular formula is C16H22BrN3O. The molecule has 0 aliphatic rings. The van der Waals surface area contributed by atoms with E-state index in [2.05, 4.69) is 46.3 Å². The van der Waals surface area contributed by atoms with Crippen LogP contribution in [0.4, 0.5) is 0 Å². The van der Waals surface area contributed by atoms with Gasteiger partial charge in [-0.3, -0.25) is 4.68 Å². The van der Waals surface area contributed by atoms with E-state index in [9.17, 15) is 0 Å². The monoisotopic (exact) mass is 351 g/mol. The normalized spacial score (nSPS) is 10.9. The second-order valence-corrected chi connectivity index (χ2v) is 6.00. The molecule has 2 aromatic rings. The van der Waals surface area contributed by atoms with E-state index in [1.807, 2.05) is 30.1 Å². The highest BCUT2D eigenvalue weighted by Gasteiger charge is 2.06. The average molecular weight is 352 g/mol. The lowest BCUT2D eigenvalue weighted by Gasteiger charge is -2.12. The largest absolute Gasteiger partial charge is 0.493 e. The molecule has 0 saturated carbocycles. The summed E-state index contributed by atoms with van der Waals surface area (Å²) in [5.74, 6) is 0.954. The van der Waals surface area contributed by atoms with Gasteiger partial charge in [0.1, 0.15) is 5.75 Å². The summed E-state index contributed by atoms with van der Waals surface area (Å²) in [4.78, 5) is 0. The van der Waals surface area contributed by atoms with Crippen LogP contribution in [0.2, 0.25) is 0 Å². The maximum atomic E-state index is 5.79. The Kier molecular flexibility index (Phi) is 5.82. The average Bonchev–Trinajstić information content (AvgIpc) is 2.78. The molecule has 0 saturated heterocycles. The molecule has 0 bridgehead atoms. The Bertz CT molecular complexity index is 595. The highest BCUT2D eigenvalue weighted by atomic mass is 79.9. The molecular weight excluding hydrogens is 330 g/mol. The SMILES string of the molecule is CCCOc1ccc(Br)cc1CNCc1cnn(C)c1C. The lowest BCUT2D eigenvalue weighted by molar-refractivity contribution is 0.313. The summed E-state index contributed by atoms with van der Waals surface area (Å²) < 4.78 is 8.76. The predicted octanol–water partition coefficient (Wildman–Crippen LogP) is 3.57. The first-order valence-electron chi connectivity index (χ1n) is 7.21. The van der Waals surface area contributed by atoms with Crippen LogP contribution in [-0.4, -0.2) is 16.4 Å². The highest BCUT2D eigenvalue weighted by molar-refractivity contribution is 9.10. The summed E-state index contributed by atoms with van der Waals surface area (Å²) in [6, 6.07) is 6.14. The van der Waals surface area contributed by atoms with E-state index >= 15 is 0 Å². The minimum absolute atomic E-state index is 0.746. The minimum atomic E-state index is 0.746. The number of ether oxygens (including phenoxy) is 1. The van der Waals surface area contributed by atoms with Crippen molar-refractivity contribution in [1.29, 1.82) is 0 Å². The third kappa shape index (κ3) is 4.32. The van der Waals surface area contributed by atoms with Crippen LogP contribution in [0, 0.1) is 6.92 Å². The third-order valence-corrected chi connectivity index (χ3v) is 3.95. The second kappa shape index (κ2) is 7.61. The smallest absolute Gasteiger partial charge is 0.123 e. The quantitative estimate of drug-likeness (QED) is 0.828. The molecule has 1 aromatic heterocycles. The van der Waals surface area contributed by atoms with Crippen molar-refractivity contribution >= 4 is 15.9 Å². The Balaban J connectivity index is 1.98. The summed E-state index contributed by atoms with van der Waals surface area (Å²) >= 11 is 3.52. The van der Waals surface area contributed by atoms with Crippen molar-refractivity contribution < 1.29 is 4.74 Å². The number of hydrogen-bond acceptors (Lipinski definition) is 3. The van der Waals surface area contributed by atoms with Crippen molar-refractivity contribution in [2.75, 3.05) is 6.61 Å². The van der Waals surface area contributed by atoms with Gasteiger partial charge in [-0.15, -0.1) is 0 Å². The van der Waals surface area contributed by atoms with Crippen LogP contribution < -0.4 is 10.1 Å². The molecule has 0 radical (unpaired) electrons. The van der Waals surface area contributed by atoms with Crippen molar-refractivity contribution in [3.8, 4) is 5.75 Å². The van der Waals surface area contributed by atoms with Crippen LogP contribution in [-0.2, 0) is 20.1 Å². The van der Waals surface area contributed by atoms with Gasteiger partial charge in [0.05, 0.1) is 12.8 Å². The van der Waals surface area contributed by atoms with E-state index in [0.29, 0.717) is 0 Å². The standard InChI is InChI=1S/C16H22BrN3O/c1-4-7-21-16-6-5-15(17)8-13(16)9-18-10-14-11-19-20(3)12(14)2/h5-6,8,11,18H,4,7,9-10H2,1-3H3. The first-order valence-corrected chi connectivity index (χ1v) is 8.00. The number of aryl methyl sites for hydroxylation is 1. The molecule has 0 fully saturated rings. The molecule has 5 heteroatoms. The van der Waals surface area contributed by atoms with Crippen molar-refractivity contribution in [1.82, 2.24) is 15.1 Å². The van der Waals surface area contributed by atoms with Crippen LogP contribution in [0.5, 0.6) is 5.75 Å². The second-order valence-electron chi connectivity index (χ2n) is 5.08. The molecule has 114 valence electrons. The first kappa shape index (κ1) is 16.0. The Hall–Kier alpha value is -1.33. The van der Waals surface area contributed by atoms with Crippen LogP contribution in [0.15, 0.2) is 28.9 Å². The zero-order valence-electron chi connectivity index (χ0n) is 12.8. The van der Waals surface area contributed by atoms with E-state index in [0.717, 1.165) is 36.3 Å². The van der Waals surface area contributed by atoms with Gasteiger partial charge >= 0.3 is 0 Å². The Morgan fingerprint density at radius 1 is 1.29 bits per heavy atom. The lowest BCUT2D eigenvalue weighted by Crippen LogP contribution is -2.14. The molecule has 0 atom stereocenters. The summed E-state index contributed by atoms with van der Waals surface area (Å²) in [6.07, 6.45) is 2.93. The number of hydrogen-bond donors (Lipinski definition) is 1. The topological polar surface area (TPSA) is 39.1 Å². The van der Waals surface area contributed by atoms with E-state index in [4.69, 9.17) is 4.74 Å².